The number of amides is 5. The predicted octanol–water partition coefficient (Wildman–Crippen LogP) is 4.67. The monoisotopic (exact) mass is 855 g/mol. The number of phenolic OH excluding ortho intramolecular Hbond substituents is 1. The van der Waals surface area contributed by atoms with E-state index in [-0.39, 0.29) is 51.2 Å². The lowest BCUT2D eigenvalue weighted by Gasteiger charge is -2.30. The minimum Gasteiger partial charge on any atom is -0.508 e. The molecule has 5 atom stereocenters. The number of carbonyl (C=O) groups excluding carboxylic acids is 5. The molecule has 1 aliphatic rings. The van der Waals surface area contributed by atoms with E-state index >= 15 is 0 Å². The van der Waals surface area contributed by atoms with Gasteiger partial charge in [0, 0.05) is 25.8 Å². The van der Waals surface area contributed by atoms with Crippen LogP contribution in [0.25, 0.3) is 0 Å². The van der Waals surface area contributed by atoms with Gasteiger partial charge in [0.15, 0.2) is 0 Å². The summed E-state index contributed by atoms with van der Waals surface area (Å²) in [5, 5.41) is 30.8. The summed E-state index contributed by atoms with van der Waals surface area (Å²) in [7, 11) is 0. The third kappa shape index (κ3) is 13.7. The lowest BCUT2D eigenvalue weighted by molar-refractivity contribution is -0.143. The maximum absolute atomic E-state index is 14.7. The summed E-state index contributed by atoms with van der Waals surface area (Å²) >= 11 is 0. The normalized spacial score (nSPS) is 15.8. The summed E-state index contributed by atoms with van der Waals surface area (Å²) in [5.74, 6) is -3.50. The molecule has 1 heterocycles. The van der Waals surface area contributed by atoms with E-state index < -0.39 is 66.1 Å². The van der Waals surface area contributed by atoms with E-state index in [1.165, 1.54) is 17.0 Å². The van der Waals surface area contributed by atoms with Crippen molar-refractivity contribution in [2.75, 3.05) is 6.54 Å². The van der Waals surface area contributed by atoms with Crippen LogP contribution < -0.4 is 21.3 Å². The van der Waals surface area contributed by atoms with Crippen molar-refractivity contribution in [3.8, 4) is 5.75 Å². The Morgan fingerprint density at radius 3 is 1.54 bits per heavy atom. The van der Waals surface area contributed by atoms with Crippen LogP contribution in [0.5, 0.6) is 5.75 Å². The van der Waals surface area contributed by atoms with Crippen molar-refractivity contribution in [1.82, 2.24) is 26.2 Å². The van der Waals surface area contributed by atoms with E-state index in [4.69, 9.17) is 9.47 Å². The highest BCUT2D eigenvalue weighted by atomic mass is 16.6. The summed E-state index contributed by atoms with van der Waals surface area (Å²) < 4.78 is 10.9. The fourth-order valence-electron chi connectivity index (χ4n) is 7.19. The van der Waals surface area contributed by atoms with Crippen LogP contribution in [0.3, 0.4) is 0 Å². The van der Waals surface area contributed by atoms with Crippen molar-refractivity contribution >= 4 is 35.9 Å². The molecule has 1 saturated heterocycles. The minimum absolute atomic E-state index is 0.00923. The minimum atomic E-state index is -1.33. The number of ether oxygens (including phenoxy) is 2. The first kappa shape index (κ1) is 44.9. The summed E-state index contributed by atoms with van der Waals surface area (Å²) in [6, 6.07) is 35.6. The number of alkyl carbamates (subject to hydrolysis) is 2. The van der Waals surface area contributed by atoms with Crippen LogP contribution in [-0.4, -0.2) is 87.7 Å². The quantitative estimate of drug-likeness (QED) is 0.0717. The van der Waals surface area contributed by atoms with Crippen LogP contribution in [0.15, 0.2) is 146 Å². The first-order valence-corrected chi connectivity index (χ1v) is 20.4. The molecule has 0 bridgehead atoms. The molecule has 0 spiro atoms. The van der Waals surface area contributed by atoms with E-state index in [0.29, 0.717) is 22.3 Å². The average molecular weight is 856 g/mol. The smallest absolute Gasteiger partial charge is 0.408 e. The molecule has 0 aliphatic carbocycles. The van der Waals surface area contributed by atoms with E-state index in [1.807, 2.05) is 12.1 Å². The highest BCUT2D eigenvalue weighted by Crippen LogP contribution is 2.23. The Morgan fingerprint density at radius 1 is 0.556 bits per heavy atom. The molecule has 1 aliphatic heterocycles. The second kappa shape index (κ2) is 22.2. The van der Waals surface area contributed by atoms with Crippen LogP contribution >= 0.6 is 0 Å². The van der Waals surface area contributed by atoms with Gasteiger partial charge in [-0.15, -0.1) is 0 Å². The SMILES string of the molecule is O=C(N[C@H]1C[C@@H](C(=O)N[C@@H](Cc2ccccc2)C(=O)N[C@@H](Cc2ccccc2)C(=O)O)N(C(=O)[C@H](Cc2ccc(O)cc2)NC(=O)OCc2ccccc2)C1)OCc1ccccc1. The Balaban J connectivity index is 1.25. The number of aliphatic carboxylic acids is 1. The third-order valence-electron chi connectivity index (χ3n) is 10.4. The van der Waals surface area contributed by atoms with Gasteiger partial charge in [-0.2, -0.15) is 0 Å². The maximum atomic E-state index is 14.7. The number of benzene rings is 5. The largest absolute Gasteiger partial charge is 0.508 e. The number of rotatable bonds is 18. The van der Waals surface area contributed by atoms with Gasteiger partial charge in [0.1, 0.15) is 43.1 Å². The molecule has 5 aromatic carbocycles. The Labute approximate surface area is 364 Å². The Bertz CT molecular complexity index is 2300. The Morgan fingerprint density at radius 2 is 1.02 bits per heavy atom. The molecule has 6 N–H and O–H groups in total. The van der Waals surface area contributed by atoms with Crippen LogP contribution in [0.2, 0.25) is 0 Å². The van der Waals surface area contributed by atoms with Gasteiger partial charge in [0.25, 0.3) is 0 Å². The molecule has 0 saturated carbocycles. The van der Waals surface area contributed by atoms with Gasteiger partial charge in [-0.3, -0.25) is 14.4 Å². The molecular weight excluding hydrogens is 807 g/mol. The van der Waals surface area contributed by atoms with Crippen LogP contribution in [0.1, 0.15) is 34.2 Å². The molecular formula is C48H49N5O10. The predicted molar refractivity (Wildman–Crippen MR) is 231 cm³/mol. The third-order valence-corrected chi connectivity index (χ3v) is 10.4. The molecule has 5 aromatic rings. The van der Waals surface area contributed by atoms with E-state index in [9.17, 15) is 39.0 Å². The zero-order valence-corrected chi connectivity index (χ0v) is 34.3. The van der Waals surface area contributed by atoms with Gasteiger partial charge in [0.05, 0.1) is 6.04 Å². The number of nitrogens with zero attached hydrogens (tertiary/aromatic N) is 1. The van der Waals surface area contributed by atoms with Crippen molar-refractivity contribution in [2.24, 2.45) is 0 Å². The zero-order chi connectivity index (χ0) is 44.6. The van der Waals surface area contributed by atoms with Crippen molar-refractivity contribution in [2.45, 2.75) is 69.1 Å². The number of hydrogen-bond donors (Lipinski definition) is 6. The van der Waals surface area contributed by atoms with Gasteiger partial charge in [-0.1, -0.05) is 133 Å². The van der Waals surface area contributed by atoms with E-state index in [0.717, 1.165) is 5.56 Å². The molecule has 1 fully saturated rings. The molecule has 0 radical (unpaired) electrons. The van der Waals surface area contributed by atoms with Crippen LogP contribution in [-0.2, 0) is 61.1 Å². The number of aromatic hydroxyl groups is 1. The standard InChI is InChI=1S/C48H49N5O10/c54-38-23-21-34(22-24-38)26-40(52-48(61)63-31-36-19-11-4-12-20-36)45(57)53-29-37(49-47(60)62-30-35-17-9-3-10-18-35)28-42(53)44(56)50-39(25-32-13-5-1-6-14-32)43(55)51-41(46(58)59)27-33-15-7-2-8-16-33/h1-24,37,39-42,54H,25-31H2,(H,49,60)(H,50,56)(H,51,55)(H,52,61)(H,58,59)/t37-,39-,40-,41-,42-/m0/s1. The topological polar surface area (TPSA) is 213 Å². The first-order chi connectivity index (χ1) is 30.5. The second-order valence-electron chi connectivity index (χ2n) is 15.1. The van der Waals surface area contributed by atoms with Crippen molar-refractivity contribution in [1.29, 1.82) is 0 Å². The van der Waals surface area contributed by atoms with Gasteiger partial charge in [0.2, 0.25) is 17.7 Å². The number of carboxylic acid groups (broad SMARTS) is 1. The molecule has 15 nitrogen and oxygen atoms in total. The van der Waals surface area contributed by atoms with Crippen molar-refractivity contribution < 1.29 is 48.5 Å². The van der Waals surface area contributed by atoms with Crippen LogP contribution in [0, 0.1) is 0 Å². The Hall–Kier alpha value is -7.68. The second-order valence-corrected chi connectivity index (χ2v) is 15.1. The highest BCUT2D eigenvalue weighted by molar-refractivity contribution is 5.95. The number of hydrogen-bond acceptors (Lipinski definition) is 9. The molecule has 0 aromatic heterocycles. The number of carbonyl (C=O) groups is 6. The summed E-state index contributed by atoms with van der Waals surface area (Å²) in [5.41, 5.74) is 3.36. The highest BCUT2D eigenvalue weighted by Gasteiger charge is 2.44. The molecule has 63 heavy (non-hydrogen) atoms. The van der Waals surface area contributed by atoms with Crippen molar-refractivity contribution in [3.05, 3.63) is 173 Å². The summed E-state index contributed by atoms with van der Waals surface area (Å²) in [6.07, 6.45) is -1.91. The molecule has 15 heteroatoms. The molecule has 6 rings (SSSR count). The number of phenols is 1. The number of likely N-dealkylation sites (tertiary alicyclic amines) is 1. The Kier molecular flexibility index (Phi) is 15.8. The van der Waals surface area contributed by atoms with Gasteiger partial charge >= 0.3 is 18.2 Å². The fraction of sp³-hybridized carbons (Fsp3) is 0.250. The molecule has 326 valence electrons. The number of carboxylic acids is 1. The van der Waals surface area contributed by atoms with Gasteiger partial charge in [-0.25, -0.2) is 14.4 Å². The van der Waals surface area contributed by atoms with Gasteiger partial charge < -0.3 is 45.9 Å². The van der Waals surface area contributed by atoms with E-state index in [2.05, 4.69) is 21.3 Å². The molecule has 5 amide bonds. The van der Waals surface area contributed by atoms with Crippen LogP contribution in [0.4, 0.5) is 9.59 Å². The zero-order valence-electron chi connectivity index (χ0n) is 34.3. The molecule has 0 unspecified atom stereocenters. The van der Waals surface area contributed by atoms with Crippen molar-refractivity contribution in [3.63, 3.8) is 0 Å². The lowest BCUT2D eigenvalue weighted by atomic mass is 10.0. The van der Waals surface area contributed by atoms with Gasteiger partial charge in [-0.05, 0) is 46.4 Å². The lowest BCUT2D eigenvalue weighted by Crippen LogP contribution is -2.58. The summed E-state index contributed by atoms with van der Waals surface area (Å²) in [6.45, 7) is -0.303. The first-order valence-electron chi connectivity index (χ1n) is 20.4. The number of nitrogens with one attached hydrogen (secondary N) is 4. The maximum Gasteiger partial charge on any atom is 0.408 e. The van der Waals surface area contributed by atoms with E-state index in [1.54, 1.807) is 121 Å². The summed E-state index contributed by atoms with van der Waals surface area (Å²) in [4.78, 5) is 83.2. The fourth-order valence-corrected chi connectivity index (χ4v) is 7.19. The average Bonchev–Trinajstić information content (AvgIpc) is 3.72.